The highest BCUT2D eigenvalue weighted by Crippen LogP contribution is 2.43. The largest absolute Gasteiger partial charge is 0.384 e. The van der Waals surface area contributed by atoms with E-state index in [1.807, 2.05) is 49.1 Å². The second-order valence-corrected chi connectivity index (χ2v) is 10.1. The van der Waals surface area contributed by atoms with E-state index in [1.54, 1.807) is 17.2 Å². The maximum absolute atomic E-state index is 14.9. The van der Waals surface area contributed by atoms with Gasteiger partial charge in [0, 0.05) is 56.2 Å². The van der Waals surface area contributed by atoms with Crippen molar-refractivity contribution in [1.29, 1.82) is 0 Å². The minimum absolute atomic E-state index is 0.0888. The van der Waals surface area contributed by atoms with E-state index in [2.05, 4.69) is 9.97 Å². The number of nitrogens with zero attached hydrogens (tertiary/aromatic N) is 4. The molecule has 2 aliphatic heterocycles. The van der Waals surface area contributed by atoms with Crippen LogP contribution in [0.3, 0.4) is 0 Å². The fourth-order valence-electron chi connectivity index (χ4n) is 6.02. The molecule has 2 aromatic carbocycles. The summed E-state index contributed by atoms with van der Waals surface area (Å²) in [6.07, 6.45) is 3.07. The van der Waals surface area contributed by atoms with Crippen LogP contribution in [-0.4, -0.2) is 52.1 Å². The molecule has 4 atom stereocenters. The lowest BCUT2D eigenvalue weighted by Crippen LogP contribution is -2.57. The summed E-state index contributed by atoms with van der Waals surface area (Å²) in [5, 5.41) is 11.7. The van der Waals surface area contributed by atoms with Gasteiger partial charge in [-0.3, -0.25) is 4.79 Å². The molecule has 1 amide bonds. The van der Waals surface area contributed by atoms with Crippen LogP contribution in [0.2, 0.25) is 0 Å². The third-order valence-corrected chi connectivity index (χ3v) is 7.93. The molecule has 0 aliphatic carbocycles. The van der Waals surface area contributed by atoms with Crippen LogP contribution in [0, 0.1) is 29.4 Å². The zero-order valence-corrected chi connectivity index (χ0v) is 20.4. The standard InChI is InChI=1S/C28H30F2N4O2/c1-18-13-34(14-19(2)28(18,36)20-6-4-3-5-7-20)27(35)24-16-33(26-10-11-31-17-32-26)15-23(24)22-9-8-21(29)12-25(22)30/h3-12,17-19,23-24,36H,13-16H2,1-2H3/t18?,19?,23-,24+,28?/m0/s1. The first-order chi connectivity index (χ1) is 17.3. The Morgan fingerprint density at radius 2 is 1.72 bits per heavy atom. The van der Waals surface area contributed by atoms with Crippen LogP contribution in [0.15, 0.2) is 67.1 Å². The molecule has 0 spiro atoms. The quantitative estimate of drug-likeness (QED) is 0.597. The number of hydrogen-bond donors (Lipinski definition) is 1. The van der Waals surface area contributed by atoms with Crippen LogP contribution in [0.25, 0.3) is 0 Å². The van der Waals surface area contributed by atoms with Gasteiger partial charge in [0.15, 0.2) is 0 Å². The Hall–Kier alpha value is -3.39. The Morgan fingerprint density at radius 3 is 2.36 bits per heavy atom. The van der Waals surface area contributed by atoms with Crippen LogP contribution in [0.1, 0.15) is 30.9 Å². The Labute approximate surface area is 209 Å². The number of anilines is 1. The predicted octanol–water partition coefficient (Wildman–Crippen LogP) is 3.98. The molecule has 5 rings (SSSR count). The SMILES string of the molecule is CC1CN(C(=O)[C@@H]2CN(c3ccncn3)C[C@H]2c2ccc(F)cc2F)CC(C)C1(O)c1ccccc1. The van der Waals surface area contributed by atoms with Crippen molar-refractivity contribution in [3.63, 3.8) is 0 Å². The number of rotatable bonds is 4. The molecule has 1 aromatic heterocycles. The number of halogens is 2. The molecule has 3 heterocycles. The summed E-state index contributed by atoms with van der Waals surface area (Å²) in [7, 11) is 0. The van der Waals surface area contributed by atoms with Crippen LogP contribution < -0.4 is 4.90 Å². The maximum Gasteiger partial charge on any atom is 0.228 e. The van der Waals surface area contributed by atoms with Crippen molar-refractivity contribution < 1.29 is 18.7 Å². The number of benzene rings is 2. The molecule has 1 N–H and O–H groups in total. The van der Waals surface area contributed by atoms with E-state index < -0.39 is 29.1 Å². The molecule has 3 aromatic rings. The second-order valence-electron chi connectivity index (χ2n) is 10.1. The first kappa shape index (κ1) is 24.3. The number of likely N-dealkylation sites (tertiary alicyclic amines) is 1. The van der Waals surface area contributed by atoms with Gasteiger partial charge in [-0.15, -0.1) is 0 Å². The zero-order chi connectivity index (χ0) is 25.4. The molecule has 2 fully saturated rings. The number of amides is 1. The van der Waals surface area contributed by atoms with Gasteiger partial charge >= 0.3 is 0 Å². The van der Waals surface area contributed by atoms with E-state index >= 15 is 0 Å². The summed E-state index contributed by atoms with van der Waals surface area (Å²) in [6.45, 7) is 5.43. The molecular weight excluding hydrogens is 462 g/mol. The van der Waals surface area contributed by atoms with Crippen LogP contribution in [-0.2, 0) is 10.4 Å². The van der Waals surface area contributed by atoms with Gasteiger partial charge in [-0.2, -0.15) is 0 Å². The number of piperidine rings is 1. The minimum Gasteiger partial charge on any atom is -0.384 e. The van der Waals surface area contributed by atoms with Crippen molar-refractivity contribution >= 4 is 11.7 Å². The summed E-state index contributed by atoms with van der Waals surface area (Å²) in [5.74, 6) is -2.14. The molecule has 2 aliphatic rings. The summed E-state index contributed by atoms with van der Waals surface area (Å²) in [5.41, 5.74) is 0.118. The normalized spacial score (nSPS) is 28.4. The van der Waals surface area contributed by atoms with Crippen molar-refractivity contribution in [2.24, 2.45) is 17.8 Å². The molecule has 0 saturated carbocycles. The molecule has 8 heteroatoms. The lowest BCUT2D eigenvalue weighted by molar-refractivity contribution is -0.152. The average molecular weight is 493 g/mol. The van der Waals surface area contributed by atoms with Crippen molar-refractivity contribution in [3.8, 4) is 0 Å². The molecule has 0 bridgehead atoms. The van der Waals surface area contributed by atoms with Gasteiger partial charge in [0.05, 0.1) is 11.5 Å². The summed E-state index contributed by atoms with van der Waals surface area (Å²) < 4.78 is 28.5. The van der Waals surface area contributed by atoms with Crippen LogP contribution in [0.4, 0.5) is 14.6 Å². The van der Waals surface area contributed by atoms with E-state index in [-0.39, 0.29) is 17.7 Å². The average Bonchev–Trinajstić information content (AvgIpc) is 3.32. The van der Waals surface area contributed by atoms with Gasteiger partial charge in [0.25, 0.3) is 0 Å². The highest BCUT2D eigenvalue weighted by Gasteiger charge is 2.49. The van der Waals surface area contributed by atoms with Crippen molar-refractivity contribution in [2.45, 2.75) is 25.4 Å². The zero-order valence-electron chi connectivity index (χ0n) is 20.4. The van der Waals surface area contributed by atoms with E-state index in [4.69, 9.17) is 0 Å². The Kier molecular flexibility index (Phi) is 6.47. The molecule has 0 radical (unpaired) electrons. The molecule has 2 saturated heterocycles. The molecule has 36 heavy (non-hydrogen) atoms. The Balaban J connectivity index is 1.43. The maximum atomic E-state index is 14.9. The van der Waals surface area contributed by atoms with E-state index in [9.17, 15) is 18.7 Å². The van der Waals surface area contributed by atoms with Gasteiger partial charge in [0.1, 0.15) is 23.8 Å². The van der Waals surface area contributed by atoms with E-state index in [1.165, 1.54) is 18.5 Å². The lowest BCUT2D eigenvalue weighted by Gasteiger charge is -2.48. The minimum atomic E-state index is -1.05. The summed E-state index contributed by atoms with van der Waals surface area (Å²) in [6, 6.07) is 14.9. The predicted molar refractivity (Wildman–Crippen MR) is 132 cm³/mol. The third-order valence-electron chi connectivity index (χ3n) is 7.93. The number of hydrogen-bond acceptors (Lipinski definition) is 5. The second kappa shape index (κ2) is 9.58. The van der Waals surface area contributed by atoms with Gasteiger partial charge in [-0.05, 0) is 23.3 Å². The fourth-order valence-corrected chi connectivity index (χ4v) is 6.02. The Bertz CT molecular complexity index is 1210. The molecule has 188 valence electrons. The molecule has 2 unspecified atom stereocenters. The van der Waals surface area contributed by atoms with Crippen LogP contribution in [0.5, 0.6) is 0 Å². The van der Waals surface area contributed by atoms with Gasteiger partial charge in [-0.25, -0.2) is 18.7 Å². The highest BCUT2D eigenvalue weighted by atomic mass is 19.1. The number of aliphatic hydroxyl groups is 1. The third kappa shape index (κ3) is 4.23. The van der Waals surface area contributed by atoms with Gasteiger partial charge < -0.3 is 14.9 Å². The summed E-state index contributed by atoms with van der Waals surface area (Å²) in [4.78, 5) is 26.0. The van der Waals surface area contributed by atoms with E-state index in [0.717, 1.165) is 11.6 Å². The molecular formula is C28H30F2N4O2. The van der Waals surface area contributed by atoms with Crippen molar-refractivity contribution in [1.82, 2.24) is 14.9 Å². The van der Waals surface area contributed by atoms with Crippen molar-refractivity contribution in [3.05, 3.63) is 89.9 Å². The summed E-state index contributed by atoms with van der Waals surface area (Å²) >= 11 is 0. The van der Waals surface area contributed by atoms with E-state index in [0.29, 0.717) is 37.6 Å². The fraction of sp³-hybridized carbons (Fsp3) is 0.393. The van der Waals surface area contributed by atoms with Crippen LogP contribution >= 0.6 is 0 Å². The molecule has 6 nitrogen and oxygen atoms in total. The number of carbonyl (C=O) groups excluding carboxylic acids is 1. The topological polar surface area (TPSA) is 69.6 Å². The smallest absolute Gasteiger partial charge is 0.228 e. The number of aromatic nitrogens is 2. The first-order valence-corrected chi connectivity index (χ1v) is 12.3. The Morgan fingerprint density at radius 1 is 1.00 bits per heavy atom. The highest BCUT2D eigenvalue weighted by molar-refractivity contribution is 5.82. The van der Waals surface area contributed by atoms with Crippen molar-refractivity contribution in [2.75, 3.05) is 31.1 Å². The monoisotopic (exact) mass is 492 g/mol. The van der Waals surface area contributed by atoms with Gasteiger partial charge in [0.2, 0.25) is 5.91 Å². The number of carbonyl (C=O) groups is 1. The lowest BCUT2D eigenvalue weighted by atomic mass is 9.70. The first-order valence-electron chi connectivity index (χ1n) is 12.3. The van der Waals surface area contributed by atoms with Gasteiger partial charge in [-0.1, -0.05) is 50.2 Å².